The summed E-state index contributed by atoms with van der Waals surface area (Å²) in [5.74, 6) is 0. The molecule has 0 aromatic rings. The van der Waals surface area contributed by atoms with Crippen LogP contribution < -0.4 is 0 Å². The summed E-state index contributed by atoms with van der Waals surface area (Å²) < 4.78 is 0. The molecule has 0 rings (SSSR count). The van der Waals surface area contributed by atoms with Crippen molar-refractivity contribution in [3.05, 3.63) is 58.4 Å². The molecular formula is C12H28N2Y21-8. The smallest absolute Gasteiger partial charge is 0 e. The molecule has 0 spiro atoms. The number of hydrogen-bond donors (Lipinski definition) is 0. The van der Waals surface area contributed by atoms with Crippen LogP contribution in [-0.4, -0.2) is 11.4 Å². The molecule has 0 bridgehead atoms. The van der Waals surface area contributed by atoms with Crippen LogP contribution in [0.5, 0.6) is 0 Å². The normalized spacial score (nSPS) is 3.26. The van der Waals surface area contributed by atoms with Crippen LogP contribution in [0.4, 0.5) is 0 Å². The average Bonchev–Trinajstić information content (AvgIpc) is 1.61. The first kappa shape index (κ1) is 212. The second-order valence-electron chi connectivity index (χ2n) is 1.67. The van der Waals surface area contributed by atoms with Gasteiger partial charge in [0, 0.05) is 687 Å². The summed E-state index contributed by atoms with van der Waals surface area (Å²) in [7, 11) is 0. The van der Waals surface area contributed by atoms with Crippen LogP contribution in [0.25, 0.3) is 0 Å². The van der Waals surface area contributed by atoms with Gasteiger partial charge in [0.2, 0.25) is 0 Å². The summed E-state index contributed by atoms with van der Waals surface area (Å²) in [6.07, 6.45) is 0. The van der Waals surface area contributed by atoms with Crippen molar-refractivity contribution in [1.29, 1.82) is 0 Å². The van der Waals surface area contributed by atoms with Crippen LogP contribution in [0.15, 0.2) is 10.2 Å². The molecule has 0 aliphatic carbocycles. The van der Waals surface area contributed by atoms with Gasteiger partial charge in [-0.05, 0) is 0 Å². The minimum Gasteiger partial charge on any atom is -0.359 e. The van der Waals surface area contributed by atoms with Crippen molar-refractivity contribution in [2.24, 2.45) is 10.2 Å². The van der Waals surface area contributed by atoms with Gasteiger partial charge in [-0.3, -0.25) is 0 Å². The van der Waals surface area contributed by atoms with Crippen LogP contribution in [0, 0.1) is 58.4 Å². The van der Waals surface area contributed by atoms with E-state index in [1.165, 1.54) is 0 Å². The molecule has 21 radical (unpaired) electrons. The first-order valence-corrected chi connectivity index (χ1v) is 2.35. The van der Waals surface area contributed by atoms with E-state index in [9.17, 15) is 0 Å². The van der Waals surface area contributed by atoms with Crippen molar-refractivity contribution in [1.82, 2.24) is 0 Å². The van der Waals surface area contributed by atoms with Gasteiger partial charge in [-0.25, -0.2) is 0 Å². The number of nitrogens with zero attached hydrogens (tertiary/aromatic N) is 2. The van der Waals surface area contributed by atoms with Gasteiger partial charge in [0.25, 0.3) is 0 Å². The molecule has 0 aromatic carbocycles. The predicted molar refractivity (Wildman–Crippen MR) is 75.4 cm³/mol. The quantitative estimate of drug-likeness (QED) is 0.215. The van der Waals surface area contributed by atoms with E-state index in [2.05, 4.69) is 24.1 Å². The maximum absolute atomic E-state index is 3.66. The van der Waals surface area contributed by atoms with Gasteiger partial charge in [-0.15, -0.1) is 11.4 Å². The van der Waals surface area contributed by atoms with Crippen LogP contribution in [-0.2, 0) is 687 Å². The molecule has 0 saturated heterocycles. The Balaban J connectivity index is -0.000000000698. The molecule has 0 heterocycles. The van der Waals surface area contributed by atoms with Crippen molar-refractivity contribution in [3.63, 3.8) is 0 Å². The molecule has 0 aliphatic heterocycles. The van der Waals surface area contributed by atoms with Crippen molar-refractivity contribution >= 4 is 11.4 Å². The van der Waals surface area contributed by atoms with Crippen molar-refractivity contribution in [3.8, 4) is 0 Å². The maximum Gasteiger partial charge on any atom is 0 e. The van der Waals surface area contributed by atoms with E-state index in [-0.39, 0.29) is 731 Å². The third-order valence-corrected chi connectivity index (χ3v) is 0.391. The fourth-order valence-corrected chi connectivity index (χ4v) is 0.171. The summed E-state index contributed by atoms with van der Waals surface area (Å²) >= 11 is 0. The van der Waals surface area contributed by atoms with Crippen molar-refractivity contribution in [2.45, 2.75) is 13.8 Å². The van der Waals surface area contributed by atoms with Crippen LogP contribution in [0.2, 0.25) is 0 Å². The second kappa shape index (κ2) is 188. The Bertz CT molecular complexity index is 134. The first-order valence-electron chi connectivity index (χ1n) is 2.35. The fraction of sp³-hybridized carbons (Fsp3) is 0.167. The standard InChI is InChI=1S/C6H10N2.6CH3.21Y/c1-5(2)7-8-6(3)4;;;;;;;;;;;;;;;;;;;;;;;;;;;/h1,3H2,2,4H3;6*1H3;;;;;;;;;;;;;;;;;;;;;/q-2;6*-1;;;;;;;;;;;;;;;;;;;;;/b7-5-,8-6-;;;;;;;;;;;;;;;;;;;;;;;;;;;. The molecule has 2 nitrogen and oxygen atoms in total. The molecule has 0 aliphatic rings. The van der Waals surface area contributed by atoms with Crippen LogP contribution >= 0.6 is 0 Å². The second-order valence-corrected chi connectivity index (χ2v) is 1.67. The summed E-state index contributed by atoms with van der Waals surface area (Å²) in [5.41, 5.74) is 1.40. The Morgan fingerprint density at radius 2 is 0.343 bits per heavy atom. The van der Waals surface area contributed by atoms with Crippen molar-refractivity contribution < 1.29 is 687 Å². The zero-order valence-corrected chi connectivity index (χ0v) is 83.0. The minimum atomic E-state index is 0. The predicted octanol–water partition coefficient (Wildman–Crippen LogP) is 4.14. The fourth-order valence-electron chi connectivity index (χ4n) is 0.171. The Morgan fingerprint density at radius 1 is 0.286 bits per heavy atom. The summed E-state index contributed by atoms with van der Waals surface area (Å²) in [6.45, 7) is 10.6. The number of rotatable bonds is 1. The van der Waals surface area contributed by atoms with E-state index in [1.807, 2.05) is 0 Å². The largest absolute Gasteiger partial charge is 0.359 e. The molecule has 157 valence electrons. The van der Waals surface area contributed by atoms with Gasteiger partial charge in [-0.1, -0.05) is 13.8 Å². The van der Waals surface area contributed by atoms with E-state index in [4.69, 9.17) is 0 Å². The zero-order chi connectivity index (χ0) is 6.57. The van der Waals surface area contributed by atoms with Crippen LogP contribution in [0.1, 0.15) is 13.8 Å². The molecule has 0 N–H and O–H groups in total. The number of hydrogen-bond acceptors (Lipinski definition) is 2. The zero-order valence-electron chi connectivity index (χ0n) is 23.4. The first-order chi connectivity index (χ1) is 3.63. The SMILES string of the molecule is [CH2-]/C(C)=N/N=C(/[CH2-])C.[CH3-].[CH3-].[CH3-].[CH3-].[CH3-].[CH3-].[Y].[Y].[Y].[Y].[Y].[Y].[Y].[Y].[Y].[Y].[Y].[Y].[Y].[Y].[Y].[Y].[Y].[Y].[Y].[Y].[Y]. The van der Waals surface area contributed by atoms with Gasteiger partial charge in [0.15, 0.2) is 0 Å². The molecule has 0 aromatic heterocycles. The molecule has 0 amide bonds. The Labute approximate surface area is 754 Å². The van der Waals surface area contributed by atoms with Gasteiger partial charge in [0.05, 0.1) is 0 Å². The molecular weight excluding hydrogens is 2040 g/mol. The minimum absolute atomic E-state index is 0. The molecule has 0 fully saturated rings. The molecule has 0 unspecified atom stereocenters. The third kappa shape index (κ3) is 223. The van der Waals surface area contributed by atoms with E-state index < -0.39 is 0 Å². The van der Waals surface area contributed by atoms with Gasteiger partial charge in [0.1, 0.15) is 0 Å². The monoisotopic (exact) mass is 2070 g/mol. The molecule has 0 atom stereocenters. The average molecular weight is 2070 g/mol. The van der Waals surface area contributed by atoms with Gasteiger partial charge >= 0.3 is 0 Å². The topological polar surface area (TPSA) is 24.7 Å². The summed E-state index contributed by atoms with van der Waals surface area (Å²) in [6, 6.07) is 0. The van der Waals surface area contributed by atoms with Crippen LogP contribution in [0.3, 0.4) is 0 Å². The Hall–Kier alpha value is 22.3. The van der Waals surface area contributed by atoms with Gasteiger partial charge in [-0.2, -0.15) is 10.2 Å². The summed E-state index contributed by atoms with van der Waals surface area (Å²) in [5, 5.41) is 7.31. The molecule has 0 saturated carbocycles. The third-order valence-electron chi connectivity index (χ3n) is 0.391. The van der Waals surface area contributed by atoms with Gasteiger partial charge < -0.3 is 58.4 Å². The molecule has 35 heavy (non-hydrogen) atoms. The molecule has 23 heteroatoms. The Kier molecular flexibility index (Phi) is 1130. The Morgan fingerprint density at radius 3 is 0.371 bits per heavy atom. The van der Waals surface area contributed by atoms with E-state index in [0.717, 1.165) is 0 Å². The maximum atomic E-state index is 3.66. The van der Waals surface area contributed by atoms with E-state index >= 15 is 0 Å². The van der Waals surface area contributed by atoms with E-state index in [0.29, 0.717) is 11.4 Å². The van der Waals surface area contributed by atoms with Crippen molar-refractivity contribution in [2.75, 3.05) is 0 Å². The van der Waals surface area contributed by atoms with E-state index in [1.54, 1.807) is 13.8 Å². The summed E-state index contributed by atoms with van der Waals surface area (Å²) in [4.78, 5) is 0.